The average molecular weight is 408 g/mol. The van der Waals surface area contributed by atoms with Crippen LogP contribution in [-0.4, -0.2) is 44.6 Å². The molecule has 1 fully saturated rings. The number of anilines is 1. The van der Waals surface area contributed by atoms with E-state index in [0.29, 0.717) is 10.2 Å². The van der Waals surface area contributed by atoms with Gasteiger partial charge in [0.1, 0.15) is 0 Å². The quantitative estimate of drug-likeness (QED) is 0.761. The Kier molecular flexibility index (Phi) is 6.01. The van der Waals surface area contributed by atoms with Gasteiger partial charge < -0.3 is 10.2 Å². The highest BCUT2D eigenvalue weighted by Gasteiger charge is 2.26. The number of nitrogens with one attached hydrogen (secondary N) is 1. The van der Waals surface area contributed by atoms with Gasteiger partial charge in [-0.1, -0.05) is 29.4 Å². The summed E-state index contributed by atoms with van der Waals surface area (Å²) in [5, 5.41) is 12.9. The summed E-state index contributed by atoms with van der Waals surface area (Å²) in [7, 11) is 0. The molecule has 0 unspecified atom stereocenters. The third-order valence-corrected chi connectivity index (χ3v) is 5.50. The van der Waals surface area contributed by atoms with Gasteiger partial charge in [0.15, 0.2) is 5.16 Å². The van der Waals surface area contributed by atoms with Gasteiger partial charge in [-0.2, -0.15) is 0 Å². The molecule has 1 atom stereocenters. The van der Waals surface area contributed by atoms with Crippen molar-refractivity contribution in [2.45, 2.75) is 56.5 Å². The smallest absolute Gasteiger partial charge is 0.233 e. The molecule has 1 aromatic heterocycles. The van der Waals surface area contributed by atoms with E-state index in [4.69, 9.17) is 11.6 Å². The second kappa shape index (κ2) is 8.10. The number of halogens is 1. The lowest BCUT2D eigenvalue weighted by molar-refractivity contribution is -0.121. The standard InChI is InChI=1S/C19H26ClN5OS/c1-13(16(26)21-19(2,3)4)27-18-23-22-17(24-10-5-6-11-24)25(18)15-9-7-8-14(20)12-15/h7-9,12-13H,5-6,10-11H2,1-4H3,(H,21,26)/t13-/m0/s1. The maximum atomic E-state index is 12.5. The van der Waals surface area contributed by atoms with Crippen molar-refractivity contribution < 1.29 is 4.79 Å². The zero-order valence-electron chi connectivity index (χ0n) is 16.2. The monoisotopic (exact) mass is 407 g/mol. The minimum absolute atomic E-state index is 0.0177. The summed E-state index contributed by atoms with van der Waals surface area (Å²) in [6, 6.07) is 7.64. The number of carbonyl (C=O) groups excluding carboxylic acids is 1. The number of hydrogen-bond acceptors (Lipinski definition) is 5. The van der Waals surface area contributed by atoms with Gasteiger partial charge in [-0.05, 0) is 58.7 Å². The van der Waals surface area contributed by atoms with Gasteiger partial charge >= 0.3 is 0 Å². The number of hydrogen-bond donors (Lipinski definition) is 1. The van der Waals surface area contributed by atoms with E-state index in [0.717, 1.165) is 37.6 Å². The molecule has 1 aromatic carbocycles. The molecule has 0 radical (unpaired) electrons. The average Bonchev–Trinajstić information content (AvgIpc) is 3.22. The van der Waals surface area contributed by atoms with Gasteiger partial charge in [-0.25, -0.2) is 0 Å². The van der Waals surface area contributed by atoms with Crippen molar-refractivity contribution in [1.82, 2.24) is 20.1 Å². The normalized spacial score (nSPS) is 15.8. The van der Waals surface area contributed by atoms with Crippen molar-refractivity contribution in [3.05, 3.63) is 29.3 Å². The Morgan fingerprint density at radius 1 is 1.26 bits per heavy atom. The summed E-state index contributed by atoms with van der Waals surface area (Å²) in [6.07, 6.45) is 2.30. The first-order valence-corrected chi connectivity index (χ1v) is 10.5. The molecular weight excluding hydrogens is 382 g/mol. The first-order valence-electron chi connectivity index (χ1n) is 9.19. The summed E-state index contributed by atoms with van der Waals surface area (Å²) in [5.41, 5.74) is 0.632. The molecule has 8 heteroatoms. The van der Waals surface area contributed by atoms with Crippen molar-refractivity contribution in [1.29, 1.82) is 0 Å². The number of amides is 1. The highest BCUT2D eigenvalue weighted by atomic mass is 35.5. The maximum absolute atomic E-state index is 12.5. The first kappa shape index (κ1) is 20.0. The van der Waals surface area contributed by atoms with Crippen LogP contribution >= 0.6 is 23.4 Å². The molecule has 1 N–H and O–H groups in total. The summed E-state index contributed by atoms with van der Waals surface area (Å²) >= 11 is 7.62. The van der Waals surface area contributed by atoms with Crippen LogP contribution in [-0.2, 0) is 4.79 Å². The molecule has 2 heterocycles. The summed E-state index contributed by atoms with van der Waals surface area (Å²) in [6.45, 7) is 9.73. The minimum atomic E-state index is -0.294. The van der Waals surface area contributed by atoms with E-state index in [-0.39, 0.29) is 16.7 Å². The molecule has 0 bridgehead atoms. The van der Waals surface area contributed by atoms with Gasteiger partial charge in [0.05, 0.1) is 10.9 Å². The Balaban J connectivity index is 1.92. The van der Waals surface area contributed by atoms with Crippen molar-refractivity contribution in [3.8, 4) is 5.69 Å². The lowest BCUT2D eigenvalue weighted by Crippen LogP contribution is -2.44. The van der Waals surface area contributed by atoms with E-state index >= 15 is 0 Å². The second-order valence-electron chi connectivity index (χ2n) is 7.79. The van der Waals surface area contributed by atoms with E-state index in [9.17, 15) is 4.79 Å². The van der Waals surface area contributed by atoms with E-state index in [1.165, 1.54) is 11.8 Å². The number of aromatic nitrogens is 3. The van der Waals surface area contributed by atoms with Crippen LogP contribution in [0.2, 0.25) is 5.02 Å². The Morgan fingerprint density at radius 2 is 1.96 bits per heavy atom. The number of carbonyl (C=O) groups is 1. The van der Waals surface area contributed by atoms with E-state index in [1.807, 2.05) is 56.5 Å². The van der Waals surface area contributed by atoms with Crippen molar-refractivity contribution in [2.75, 3.05) is 18.0 Å². The molecule has 0 saturated carbocycles. The lowest BCUT2D eigenvalue weighted by atomic mass is 10.1. The van der Waals surface area contributed by atoms with E-state index < -0.39 is 0 Å². The predicted molar refractivity (Wildman–Crippen MR) is 111 cm³/mol. The summed E-state index contributed by atoms with van der Waals surface area (Å²) in [5.74, 6) is 0.788. The third kappa shape index (κ3) is 4.96. The fraction of sp³-hybridized carbons (Fsp3) is 0.526. The fourth-order valence-corrected chi connectivity index (χ4v) is 4.03. The molecule has 27 heavy (non-hydrogen) atoms. The number of benzene rings is 1. The predicted octanol–water partition coefficient (Wildman–Crippen LogP) is 3.92. The van der Waals surface area contributed by atoms with Crippen LogP contribution in [0.3, 0.4) is 0 Å². The Bertz CT molecular complexity index is 811. The summed E-state index contributed by atoms with van der Waals surface area (Å²) in [4.78, 5) is 14.7. The third-order valence-electron chi connectivity index (χ3n) is 4.22. The van der Waals surface area contributed by atoms with E-state index in [2.05, 4.69) is 20.4 Å². The highest BCUT2D eigenvalue weighted by Crippen LogP contribution is 2.31. The molecule has 1 amide bonds. The number of nitrogens with zero attached hydrogens (tertiary/aromatic N) is 4. The van der Waals surface area contributed by atoms with Crippen LogP contribution in [0.1, 0.15) is 40.5 Å². The van der Waals surface area contributed by atoms with Gasteiger partial charge in [0, 0.05) is 23.7 Å². The highest BCUT2D eigenvalue weighted by molar-refractivity contribution is 8.00. The molecule has 6 nitrogen and oxygen atoms in total. The molecule has 146 valence electrons. The lowest BCUT2D eigenvalue weighted by Gasteiger charge is -2.23. The van der Waals surface area contributed by atoms with Crippen LogP contribution in [0.15, 0.2) is 29.4 Å². The van der Waals surface area contributed by atoms with Crippen LogP contribution in [0, 0.1) is 0 Å². The van der Waals surface area contributed by atoms with Crippen molar-refractivity contribution in [2.24, 2.45) is 0 Å². The maximum Gasteiger partial charge on any atom is 0.233 e. The van der Waals surface area contributed by atoms with E-state index in [1.54, 1.807) is 0 Å². The van der Waals surface area contributed by atoms with Crippen LogP contribution in [0.5, 0.6) is 0 Å². The zero-order valence-corrected chi connectivity index (χ0v) is 17.8. The largest absolute Gasteiger partial charge is 0.351 e. The Hall–Kier alpha value is -1.73. The Morgan fingerprint density at radius 3 is 2.59 bits per heavy atom. The van der Waals surface area contributed by atoms with Crippen LogP contribution in [0.4, 0.5) is 5.95 Å². The van der Waals surface area contributed by atoms with Gasteiger partial charge in [-0.15, -0.1) is 10.2 Å². The van der Waals surface area contributed by atoms with Crippen molar-refractivity contribution >= 4 is 35.2 Å². The van der Waals surface area contributed by atoms with Crippen LogP contribution in [0.25, 0.3) is 5.69 Å². The van der Waals surface area contributed by atoms with Gasteiger partial charge in [0.25, 0.3) is 0 Å². The first-order chi connectivity index (χ1) is 12.7. The molecule has 1 aliphatic rings. The van der Waals surface area contributed by atoms with Crippen LogP contribution < -0.4 is 10.2 Å². The number of thioether (sulfide) groups is 1. The summed E-state index contributed by atoms with van der Waals surface area (Å²) < 4.78 is 2.00. The SMILES string of the molecule is C[C@H](Sc1nnc(N2CCCC2)n1-c1cccc(Cl)c1)C(=O)NC(C)(C)C. The molecule has 0 aliphatic carbocycles. The molecule has 3 rings (SSSR count). The second-order valence-corrected chi connectivity index (χ2v) is 9.54. The van der Waals surface area contributed by atoms with Gasteiger partial charge in [-0.3, -0.25) is 9.36 Å². The zero-order chi connectivity index (χ0) is 19.6. The topological polar surface area (TPSA) is 63.1 Å². The molecule has 0 spiro atoms. The number of rotatable bonds is 5. The molecule has 2 aromatic rings. The fourth-order valence-electron chi connectivity index (χ4n) is 2.98. The Labute approximate surface area is 169 Å². The minimum Gasteiger partial charge on any atom is -0.351 e. The molecule has 1 saturated heterocycles. The molecule has 1 aliphatic heterocycles. The molecular formula is C19H26ClN5OS. The van der Waals surface area contributed by atoms with Crippen molar-refractivity contribution in [3.63, 3.8) is 0 Å². The van der Waals surface area contributed by atoms with Gasteiger partial charge in [0.2, 0.25) is 11.9 Å².